The number of ether oxygens (including phenoxy) is 1. The van der Waals surface area contributed by atoms with Gasteiger partial charge in [-0.15, -0.1) is 13.2 Å². The van der Waals surface area contributed by atoms with Crippen molar-refractivity contribution in [3.63, 3.8) is 0 Å². The summed E-state index contributed by atoms with van der Waals surface area (Å²) in [7, 11) is 0. The van der Waals surface area contributed by atoms with Crippen molar-refractivity contribution in [1.29, 1.82) is 0 Å². The second kappa shape index (κ2) is 5.76. The SMILES string of the molecule is Cc1c(F)cccc1-n1c(=O)nc(N)c2ccc(OC(F)(F)F)cc21. The van der Waals surface area contributed by atoms with Gasteiger partial charge >= 0.3 is 12.1 Å². The Balaban J connectivity index is 2.35. The summed E-state index contributed by atoms with van der Waals surface area (Å²) in [5.74, 6) is -1.26. The van der Waals surface area contributed by atoms with Gasteiger partial charge in [0.15, 0.2) is 0 Å². The zero-order valence-electron chi connectivity index (χ0n) is 12.8. The standard InChI is InChI=1S/C16H11F4N3O2/c1-8-11(17)3-2-4-12(8)23-13-7-9(25-16(18,19)20)5-6-10(13)14(21)22-15(23)24/h2-7H,1H3,(H2,21,22,24). The Morgan fingerprint density at radius 1 is 1.20 bits per heavy atom. The number of nitrogen functional groups attached to an aromatic ring is 1. The van der Waals surface area contributed by atoms with Crippen molar-refractivity contribution in [3.8, 4) is 11.4 Å². The van der Waals surface area contributed by atoms with Gasteiger partial charge in [0, 0.05) is 17.0 Å². The van der Waals surface area contributed by atoms with E-state index in [1.807, 2.05) is 0 Å². The molecule has 0 amide bonds. The smallest absolute Gasteiger partial charge is 0.406 e. The van der Waals surface area contributed by atoms with Gasteiger partial charge in [-0.05, 0) is 31.2 Å². The number of benzene rings is 2. The molecule has 0 spiro atoms. The first-order valence-electron chi connectivity index (χ1n) is 7.01. The fourth-order valence-corrected chi connectivity index (χ4v) is 2.50. The summed E-state index contributed by atoms with van der Waals surface area (Å²) >= 11 is 0. The van der Waals surface area contributed by atoms with E-state index in [0.29, 0.717) is 0 Å². The van der Waals surface area contributed by atoms with Crippen LogP contribution in [-0.2, 0) is 0 Å². The second-order valence-corrected chi connectivity index (χ2v) is 5.23. The Kier molecular flexibility index (Phi) is 3.86. The number of hydrogen-bond acceptors (Lipinski definition) is 4. The normalized spacial score (nSPS) is 11.7. The van der Waals surface area contributed by atoms with Gasteiger partial charge in [0.25, 0.3) is 0 Å². The zero-order valence-corrected chi connectivity index (χ0v) is 12.8. The van der Waals surface area contributed by atoms with E-state index in [9.17, 15) is 22.4 Å². The monoisotopic (exact) mass is 353 g/mol. The number of fused-ring (bicyclic) bond motifs is 1. The van der Waals surface area contributed by atoms with E-state index in [4.69, 9.17) is 5.73 Å². The first-order valence-corrected chi connectivity index (χ1v) is 7.01. The molecule has 0 saturated carbocycles. The largest absolute Gasteiger partial charge is 0.573 e. The fourth-order valence-electron chi connectivity index (χ4n) is 2.50. The molecule has 2 N–H and O–H groups in total. The van der Waals surface area contributed by atoms with Gasteiger partial charge in [-0.25, -0.2) is 9.18 Å². The van der Waals surface area contributed by atoms with Crippen molar-refractivity contribution in [2.45, 2.75) is 13.3 Å². The minimum absolute atomic E-state index is 0.0212. The highest BCUT2D eigenvalue weighted by Crippen LogP contribution is 2.29. The lowest BCUT2D eigenvalue weighted by Gasteiger charge is -2.15. The maximum absolute atomic E-state index is 13.8. The lowest BCUT2D eigenvalue weighted by atomic mass is 10.1. The van der Waals surface area contributed by atoms with Gasteiger partial charge in [0.05, 0.1) is 11.2 Å². The van der Waals surface area contributed by atoms with Crippen molar-refractivity contribution in [3.05, 3.63) is 58.3 Å². The molecule has 0 radical (unpaired) electrons. The van der Waals surface area contributed by atoms with Gasteiger partial charge in [0.1, 0.15) is 17.4 Å². The molecule has 2 aromatic carbocycles. The average Bonchev–Trinajstić information content (AvgIpc) is 2.49. The van der Waals surface area contributed by atoms with Crippen LogP contribution in [0.15, 0.2) is 41.2 Å². The number of halogens is 4. The van der Waals surface area contributed by atoms with E-state index < -0.39 is 23.6 Å². The molecule has 5 nitrogen and oxygen atoms in total. The molecular formula is C16H11F4N3O2. The molecule has 0 bridgehead atoms. The Bertz CT molecular complexity index is 1030. The lowest BCUT2D eigenvalue weighted by Crippen LogP contribution is -2.24. The molecule has 0 aliphatic rings. The van der Waals surface area contributed by atoms with Crippen LogP contribution in [0.4, 0.5) is 23.4 Å². The minimum Gasteiger partial charge on any atom is -0.406 e. The topological polar surface area (TPSA) is 70.1 Å². The fraction of sp³-hybridized carbons (Fsp3) is 0.125. The highest BCUT2D eigenvalue weighted by molar-refractivity contribution is 5.90. The number of hydrogen-bond donors (Lipinski definition) is 1. The zero-order chi connectivity index (χ0) is 18.4. The van der Waals surface area contributed by atoms with E-state index in [1.165, 1.54) is 31.2 Å². The number of aromatic nitrogens is 2. The summed E-state index contributed by atoms with van der Waals surface area (Å²) in [6.45, 7) is 1.44. The predicted octanol–water partition coefficient (Wildman–Crippen LogP) is 3.31. The van der Waals surface area contributed by atoms with Crippen LogP contribution >= 0.6 is 0 Å². The molecule has 0 aliphatic heterocycles. The van der Waals surface area contributed by atoms with Crippen LogP contribution in [0, 0.1) is 12.7 Å². The Labute approximate surface area is 138 Å². The van der Waals surface area contributed by atoms with E-state index in [0.717, 1.165) is 16.7 Å². The Morgan fingerprint density at radius 3 is 2.60 bits per heavy atom. The third-order valence-electron chi connectivity index (χ3n) is 3.61. The average molecular weight is 353 g/mol. The number of nitrogens with zero attached hydrogens (tertiary/aromatic N) is 2. The summed E-state index contributed by atoms with van der Waals surface area (Å²) in [4.78, 5) is 16.0. The van der Waals surface area contributed by atoms with Crippen LogP contribution in [0.3, 0.4) is 0 Å². The van der Waals surface area contributed by atoms with Crippen molar-refractivity contribution in [2.75, 3.05) is 5.73 Å². The maximum Gasteiger partial charge on any atom is 0.573 e. The van der Waals surface area contributed by atoms with Crippen LogP contribution in [0.2, 0.25) is 0 Å². The molecule has 0 fully saturated rings. The van der Waals surface area contributed by atoms with Crippen LogP contribution in [-0.4, -0.2) is 15.9 Å². The predicted molar refractivity (Wildman–Crippen MR) is 83.1 cm³/mol. The molecule has 1 aromatic heterocycles. The first kappa shape index (κ1) is 16.7. The van der Waals surface area contributed by atoms with Crippen molar-refractivity contribution in [2.24, 2.45) is 0 Å². The van der Waals surface area contributed by atoms with E-state index in [2.05, 4.69) is 9.72 Å². The molecular weight excluding hydrogens is 342 g/mol. The summed E-state index contributed by atoms with van der Waals surface area (Å²) in [5, 5.41) is 0.234. The van der Waals surface area contributed by atoms with Gasteiger partial charge < -0.3 is 10.5 Å². The number of alkyl halides is 3. The van der Waals surface area contributed by atoms with E-state index in [1.54, 1.807) is 0 Å². The summed E-state index contributed by atoms with van der Waals surface area (Å²) in [6, 6.07) is 7.35. The molecule has 0 unspecified atom stereocenters. The highest BCUT2D eigenvalue weighted by Gasteiger charge is 2.31. The molecule has 3 aromatic rings. The van der Waals surface area contributed by atoms with Crippen molar-refractivity contribution < 1.29 is 22.3 Å². The number of anilines is 1. The molecule has 1 heterocycles. The molecule has 0 atom stereocenters. The van der Waals surface area contributed by atoms with E-state index in [-0.39, 0.29) is 28.0 Å². The molecule has 9 heteroatoms. The van der Waals surface area contributed by atoms with Gasteiger partial charge in [-0.1, -0.05) is 6.07 Å². The number of rotatable bonds is 2. The third-order valence-corrected chi connectivity index (χ3v) is 3.61. The third kappa shape index (κ3) is 3.12. The quantitative estimate of drug-likeness (QED) is 0.718. The van der Waals surface area contributed by atoms with Crippen molar-refractivity contribution in [1.82, 2.24) is 9.55 Å². The molecule has 0 aliphatic carbocycles. The van der Waals surface area contributed by atoms with Gasteiger partial charge in [0.2, 0.25) is 0 Å². The lowest BCUT2D eigenvalue weighted by molar-refractivity contribution is -0.274. The molecule has 3 rings (SSSR count). The molecule has 25 heavy (non-hydrogen) atoms. The van der Waals surface area contributed by atoms with E-state index >= 15 is 0 Å². The summed E-state index contributed by atoms with van der Waals surface area (Å²) in [5.41, 5.74) is 5.15. The van der Waals surface area contributed by atoms with Crippen LogP contribution in [0.1, 0.15) is 5.56 Å². The highest BCUT2D eigenvalue weighted by atomic mass is 19.4. The summed E-state index contributed by atoms with van der Waals surface area (Å²) < 4.78 is 56.1. The summed E-state index contributed by atoms with van der Waals surface area (Å²) in [6.07, 6.45) is -4.90. The van der Waals surface area contributed by atoms with Crippen LogP contribution < -0.4 is 16.2 Å². The van der Waals surface area contributed by atoms with Gasteiger partial charge in [-0.2, -0.15) is 4.98 Å². The Hall–Kier alpha value is -3.10. The number of nitrogens with two attached hydrogens (primary N) is 1. The Morgan fingerprint density at radius 2 is 1.92 bits per heavy atom. The second-order valence-electron chi connectivity index (χ2n) is 5.23. The first-order chi connectivity index (χ1) is 11.7. The molecule has 0 saturated heterocycles. The molecule has 130 valence electrons. The maximum atomic E-state index is 13.8. The van der Waals surface area contributed by atoms with Crippen LogP contribution in [0.5, 0.6) is 5.75 Å². The minimum atomic E-state index is -4.90. The van der Waals surface area contributed by atoms with Crippen LogP contribution in [0.25, 0.3) is 16.6 Å². The van der Waals surface area contributed by atoms with Gasteiger partial charge in [-0.3, -0.25) is 4.57 Å². The van der Waals surface area contributed by atoms with Crippen molar-refractivity contribution >= 4 is 16.7 Å².